The molecule has 6 heteroatoms. The fourth-order valence-corrected chi connectivity index (χ4v) is 7.34. The maximum atomic E-state index is 13.4. The lowest BCUT2D eigenvalue weighted by Gasteiger charge is -2.57. The zero-order valence-electron chi connectivity index (χ0n) is 16.7. The topological polar surface area (TPSA) is 77.9 Å². The molecule has 6 aliphatic rings. The molecule has 5 aliphatic carbocycles. The molecule has 0 aromatic carbocycles. The van der Waals surface area contributed by atoms with Crippen LogP contribution in [0.4, 0.5) is 0 Å². The summed E-state index contributed by atoms with van der Waals surface area (Å²) in [7, 11) is 0. The van der Waals surface area contributed by atoms with Gasteiger partial charge in [-0.05, 0) is 69.1 Å². The van der Waals surface area contributed by atoms with Gasteiger partial charge < -0.3 is 14.9 Å². The molecule has 0 spiro atoms. The molecule has 1 N–H and O–H groups in total. The number of carbonyl (C=O) groups excluding carboxylic acids is 2. The minimum Gasteiger partial charge on any atom is -0.481 e. The van der Waals surface area contributed by atoms with E-state index in [0.717, 1.165) is 43.4 Å². The van der Waals surface area contributed by atoms with Crippen LogP contribution in [0, 0.1) is 28.6 Å². The predicted molar refractivity (Wildman–Crippen MR) is 102 cm³/mol. The number of nitrogens with zero attached hydrogens (tertiary/aromatic N) is 2. The number of hydrogen-bond acceptors (Lipinski definition) is 3. The monoisotopic (exact) mass is 388 g/mol. The van der Waals surface area contributed by atoms with Gasteiger partial charge in [0.2, 0.25) is 11.8 Å². The van der Waals surface area contributed by atoms with E-state index in [2.05, 4.69) is 0 Å². The second kappa shape index (κ2) is 6.46. The van der Waals surface area contributed by atoms with Crippen LogP contribution in [0.1, 0.15) is 64.2 Å². The van der Waals surface area contributed by atoms with E-state index < -0.39 is 11.4 Å². The largest absolute Gasteiger partial charge is 0.481 e. The van der Waals surface area contributed by atoms with Crippen molar-refractivity contribution in [3.63, 3.8) is 0 Å². The Balaban J connectivity index is 1.19. The van der Waals surface area contributed by atoms with Crippen molar-refractivity contribution in [1.29, 1.82) is 0 Å². The molecule has 0 unspecified atom stereocenters. The summed E-state index contributed by atoms with van der Waals surface area (Å²) in [6, 6.07) is 0. The van der Waals surface area contributed by atoms with Crippen LogP contribution in [-0.4, -0.2) is 58.9 Å². The van der Waals surface area contributed by atoms with E-state index in [1.165, 1.54) is 19.3 Å². The summed E-state index contributed by atoms with van der Waals surface area (Å²) >= 11 is 0. The van der Waals surface area contributed by atoms with Crippen molar-refractivity contribution >= 4 is 17.8 Å². The number of aliphatic carboxylic acids is 1. The maximum Gasteiger partial charge on any atom is 0.310 e. The fraction of sp³-hybridized carbons (Fsp3) is 0.864. The average molecular weight is 389 g/mol. The van der Waals surface area contributed by atoms with Crippen LogP contribution in [0.15, 0.2) is 0 Å². The molecule has 0 atom stereocenters. The van der Waals surface area contributed by atoms with Crippen molar-refractivity contribution in [3.8, 4) is 0 Å². The van der Waals surface area contributed by atoms with Crippen LogP contribution in [0.5, 0.6) is 0 Å². The van der Waals surface area contributed by atoms with Gasteiger partial charge in [0.25, 0.3) is 0 Å². The molecule has 154 valence electrons. The summed E-state index contributed by atoms with van der Waals surface area (Å²) in [5.41, 5.74) is -0.941. The van der Waals surface area contributed by atoms with E-state index in [0.29, 0.717) is 44.9 Å². The van der Waals surface area contributed by atoms with E-state index in [-0.39, 0.29) is 17.7 Å². The SMILES string of the molecule is O=C(CC1(C(=O)O)CCC1)N1CCN(C(=O)C23CC4CC(CC(C4)C2)C3)CC1. The first kappa shape index (κ1) is 18.4. The Hall–Kier alpha value is -1.59. The standard InChI is InChI=1S/C22H32N2O4/c25-18(14-21(20(27)28)2-1-3-21)23-4-6-24(7-5-23)19(26)22-11-15-8-16(12-22)10-17(9-15)13-22/h15-17H,1-14H2,(H,27,28). The zero-order valence-corrected chi connectivity index (χ0v) is 16.7. The van der Waals surface area contributed by atoms with E-state index >= 15 is 0 Å². The Labute approximate surface area is 166 Å². The van der Waals surface area contributed by atoms with Crippen LogP contribution >= 0.6 is 0 Å². The van der Waals surface area contributed by atoms with E-state index in [1.807, 2.05) is 4.90 Å². The molecule has 6 fully saturated rings. The van der Waals surface area contributed by atoms with Gasteiger partial charge in [-0.25, -0.2) is 0 Å². The Morgan fingerprint density at radius 2 is 1.32 bits per heavy atom. The Kier molecular flexibility index (Phi) is 4.25. The third-order valence-electron chi connectivity index (χ3n) is 8.67. The van der Waals surface area contributed by atoms with Crippen LogP contribution in [0.3, 0.4) is 0 Å². The molecular weight excluding hydrogens is 356 g/mol. The third-order valence-corrected chi connectivity index (χ3v) is 8.67. The summed E-state index contributed by atoms with van der Waals surface area (Å²) in [4.78, 5) is 41.5. The highest BCUT2D eigenvalue weighted by Gasteiger charge is 2.56. The normalized spacial score (nSPS) is 38.2. The van der Waals surface area contributed by atoms with Crippen LogP contribution < -0.4 is 0 Å². The second-order valence-corrected chi connectivity index (χ2v) is 10.5. The summed E-state index contributed by atoms with van der Waals surface area (Å²) in [5.74, 6) is 1.74. The van der Waals surface area contributed by atoms with Crippen molar-refractivity contribution in [1.82, 2.24) is 9.80 Å². The Morgan fingerprint density at radius 1 is 0.821 bits per heavy atom. The molecule has 0 radical (unpaired) electrons. The number of carboxylic acids is 1. The fourth-order valence-electron chi connectivity index (χ4n) is 7.34. The van der Waals surface area contributed by atoms with E-state index in [4.69, 9.17) is 0 Å². The molecule has 2 amide bonds. The smallest absolute Gasteiger partial charge is 0.310 e. The van der Waals surface area contributed by atoms with Crippen molar-refractivity contribution in [3.05, 3.63) is 0 Å². The molecule has 28 heavy (non-hydrogen) atoms. The van der Waals surface area contributed by atoms with Crippen molar-refractivity contribution in [2.45, 2.75) is 64.2 Å². The maximum absolute atomic E-state index is 13.4. The molecule has 1 saturated heterocycles. The van der Waals surface area contributed by atoms with Crippen LogP contribution in [0.25, 0.3) is 0 Å². The van der Waals surface area contributed by atoms with Crippen molar-refractivity contribution in [2.24, 2.45) is 28.6 Å². The van der Waals surface area contributed by atoms with E-state index in [9.17, 15) is 19.5 Å². The van der Waals surface area contributed by atoms with Gasteiger partial charge in [-0.2, -0.15) is 0 Å². The van der Waals surface area contributed by atoms with E-state index in [1.54, 1.807) is 4.90 Å². The van der Waals surface area contributed by atoms with Gasteiger partial charge in [0, 0.05) is 32.6 Å². The highest BCUT2D eigenvalue weighted by Crippen LogP contribution is 2.60. The summed E-state index contributed by atoms with van der Waals surface area (Å²) < 4.78 is 0. The molecule has 5 saturated carbocycles. The summed E-state index contributed by atoms with van der Waals surface area (Å²) in [6.45, 7) is 2.30. The highest BCUT2D eigenvalue weighted by atomic mass is 16.4. The third kappa shape index (κ3) is 2.86. The molecule has 6 nitrogen and oxygen atoms in total. The quantitative estimate of drug-likeness (QED) is 0.803. The van der Waals surface area contributed by atoms with Gasteiger partial charge in [-0.3, -0.25) is 14.4 Å². The first-order valence-electron chi connectivity index (χ1n) is 11.2. The molecule has 6 rings (SSSR count). The lowest BCUT2D eigenvalue weighted by Crippen LogP contribution is -2.59. The average Bonchev–Trinajstić information content (AvgIpc) is 2.62. The number of carboxylic acid groups (broad SMARTS) is 1. The minimum absolute atomic E-state index is 0.0518. The lowest BCUT2D eigenvalue weighted by atomic mass is 9.49. The number of piperazine rings is 1. The van der Waals surface area contributed by atoms with Gasteiger partial charge in [-0.15, -0.1) is 0 Å². The number of carbonyl (C=O) groups is 3. The predicted octanol–water partition coefficient (Wildman–Crippen LogP) is 2.52. The number of rotatable bonds is 4. The number of hydrogen-bond donors (Lipinski definition) is 1. The van der Waals surface area contributed by atoms with Gasteiger partial charge in [0.1, 0.15) is 0 Å². The summed E-state index contributed by atoms with van der Waals surface area (Å²) in [6.07, 6.45) is 9.48. The first-order valence-corrected chi connectivity index (χ1v) is 11.2. The summed E-state index contributed by atoms with van der Waals surface area (Å²) in [5, 5.41) is 9.47. The molecule has 4 bridgehead atoms. The van der Waals surface area contributed by atoms with Crippen molar-refractivity contribution < 1.29 is 19.5 Å². The van der Waals surface area contributed by atoms with Gasteiger partial charge >= 0.3 is 5.97 Å². The zero-order chi connectivity index (χ0) is 19.5. The molecule has 0 aromatic rings. The van der Waals surface area contributed by atoms with Gasteiger partial charge in [0.05, 0.1) is 10.8 Å². The van der Waals surface area contributed by atoms with Crippen LogP contribution in [-0.2, 0) is 14.4 Å². The first-order chi connectivity index (χ1) is 13.4. The second-order valence-electron chi connectivity index (χ2n) is 10.5. The molecule has 0 aromatic heterocycles. The van der Waals surface area contributed by atoms with Gasteiger partial charge in [0.15, 0.2) is 0 Å². The Bertz CT molecular complexity index is 655. The van der Waals surface area contributed by atoms with Gasteiger partial charge in [-0.1, -0.05) is 6.42 Å². The molecule has 1 heterocycles. The number of amides is 2. The van der Waals surface area contributed by atoms with Crippen LogP contribution in [0.2, 0.25) is 0 Å². The minimum atomic E-state index is -0.831. The molecule has 1 aliphatic heterocycles. The lowest BCUT2D eigenvalue weighted by molar-refractivity contribution is -0.163. The molecular formula is C22H32N2O4. The Morgan fingerprint density at radius 3 is 1.75 bits per heavy atom. The van der Waals surface area contributed by atoms with Crippen molar-refractivity contribution in [2.75, 3.05) is 26.2 Å². The highest BCUT2D eigenvalue weighted by molar-refractivity contribution is 5.86.